The predicted octanol–water partition coefficient (Wildman–Crippen LogP) is 2.16. The van der Waals surface area contributed by atoms with Crippen LogP contribution in [0.2, 0.25) is 0 Å². The predicted molar refractivity (Wildman–Crippen MR) is 73.5 cm³/mol. The fourth-order valence-electron chi connectivity index (χ4n) is 2.73. The molecule has 0 bridgehead atoms. The highest BCUT2D eigenvalue weighted by Crippen LogP contribution is 2.42. The number of amides is 1. The number of aryl methyl sites for hydroxylation is 1. The minimum atomic E-state index is -0.920. The van der Waals surface area contributed by atoms with E-state index >= 15 is 0 Å². The highest BCUT2D eigenvalue weighted by molar-refractivity contribution is 7.16. The first-order valence-electron chi connectivity index (χ1n) is 6.70. The molecule has 1 aromatic heterocycles. The van der Waals surface area contributed by atoms with E-state index in [4.69, 9.17) is 5.11 Å². The van der Waals surface area contributed by atoms with Crippen molar-refractivity contribution in [1.82, 2.24) is 0 Å². The van der Waals surface area contributed by atoms with Crippen molar-refractivity contribution >= 4 is 28.2 Å². The zero-order chi connectivity index (χ0) is 14.3. The number of anilines is 1. The van der Waals surface area contributed by atoms with Gasteiger partial charge in [-0.2, -0.15) is 5.26 Å². The van der Waals surface area contributed by atoms with Gasteiger partial charge in [-0.05, 0) is 37.7 Å². The summed E-state index contributed by atoms with van der Waals surface area (Å²) in [5.41, 5.74) is 1.65. The molecule has 2 aliphatic rings. The summed E-state index contributed by atoms with van der Waals surface area (Å²) in [4.78, 5) is 24.0. The number of carbonyl (C=O) groups excluding carboxylic acids is 1. The number of hydrogen-bond acceptors (Lipinski definition) is 4. The summed E-state index contributed by atoms with van der Waals surface area (Å²) in [5, 5.41) is 21.5. The largest absolute Gasteiger partial charge is 0.481 e. The Bertz CT molecular complexity index is 629. The first-order valence-corrected chi connectivity index (χ1v) is 7.51. The van der Waals surface area contributed by atoms with Crippen molar-refractivity contribution < 1.29 is 14.7 Å². The zero-order valence-electron chi connectivity index (χ0n) is 10.8. The van der Waals surface area contributed by atoms with Gasteiger partial charge in [0.25, 0.3) is 0 Å². The maximum Gasteiger partial charge on any atom is 0.307 e. The van der Waals surface area contributed by atoms with E-state index in [1.807, 2.05) is 0 Å². The van der Waals surface area contributed by atoms with Crippen molar-refractivity contribution in [2.24, 2.45) is 11.8 Å². The number of carboxylic acid groups (broad SMARTS) is 1. The van der Waals surface area contributed by atoms with Crippen LogP contribution < -0.4 is 5.32 Å². The number of carbonyl (C=O) groups is 2. The molecule has 1 saturated carbocycles. The van der Waals surface area contributed by atoms with Gasteiger partial charge in [0.1, 0.15) is 11.1 Å². The Morgan fingerprint density at radius 2 is 2.05 bits per heavy atom. The van der Waals surface area contributed by atoms with Crippen LogP contribution in [-0.2, 0) is 22.4 Å². The van der Waals surface area contributed by atoms with Gasteiger partial charge in [-0.1, -0.05) is 0 Å². The van der Waals surface area contributed by atoms with Gasteiger partial charge in [-0.15, -0.1) is 11.3 Å². The Labute approximate surface area is 120 Å². The average molecular weight is 290 g/mol. The third kappa shape index (κ3) is 2.18. The minimum Gasteiger partial charge on any atom is -0.481 e. The van der Waals surface area contributed by atoms with Gasteiger partial charge in [0.15, 0.2) is 0 Å². The molecule has 2 aliphatic carbocycles. The van der Waals surface area contributed by atoms with Gasteiger partial charge >= 0.3 is 5.97 Å². The van der Waals surface area contributed by atoms with Gasteiger partial charge in [0.2, 0.25) is 5.91 Å². The fourth-order valence-corrected chi connectivity index (χ4v) is 3.98. The number of nitriles is 1. The van der Waals surface area contributed by atoms with E-state index in [0.717, 1.165) is 31.2 Å². The summed E-state index contributed by atoms with van der Waals surface area (Å²) in [6, 6.07) is 2.18. The second kappa shape index (κ2) is 4.91. The lowest BCUT2D eigenvalue weighted by atomic mass is 9.96. The smallest absolute Gasteiger partial charge is 0.307 e. The summed E-state index contributed by atoms with van der Waals surface area (Å²) in [5.74, 6) is -2.20. The van der Waals surface area contributed by atoms with E-state index in [0.29, 0.717) is 17.0 Å². The maximum absolute atomic E-state index is 12.0. The molecule has 2 unspecified atom stereocenters. The summed E-state index contributed by atoms with van der Waals surface area (Å²) in [7, 11) is 0. The SMILES string of the molecule is N#Cc1c(NC(=O)C2CC2C(=O)O)sc2c1CCCC2. The van der Waals surface area contributed by atoms with E-state index in [9.17, 15) is 14.9 Å². The molecule has 5 nitrogen and oxygen atoms in total. The van der Waals surface area contributed by atoms with Crippen molar-refractivity contribution in [3.63, 3.8) is 0 Å². The molecule has 0 radical (unpaired) electrons. The third-order valence-electron chi connectivity index (χ3n) is 3.96. The highest BCUT2D eigenvalue weighted by atomic mass is 32.1. The molecule has 6 heteroatoms. The summed E-state index contributed by atoms with van der Waals surface area (Å²) in [6.45, 7) is 0. The Kier molecular flexibility index (Phi) is 3.22. The van der Waals surface area contributed by atoms with E-state index in [1.165, 1.54) is 16.2 Å². The Hall–Kier alpha value is -1.87. The van der Waals surface area contributed by atoms with Crippen LogP contribution in [0, 0.1) is 23.2 Å². The van der Waals surface area contributed by atoms with Crippen molar-refractivity contribution in [2.45, 2.75) is 32.1 Å². The van der Waals surface area contributed by atoms with Crippen LogP contribution in [0.4, 0.5) is 5.00 Å². The summed E-state index contributed by atoms with van der Waals surface area (Å²) < 4.78 is 0. The number of nitrogens with zero attached hydrogens (tertiary/aromatic N) is 1. The van der Waals surface area contributed by atoms with E-state index in [1.54, 1.807) is 0 Å². The quantitative estimate of drug-likeness (QED) is 0.892. The number of fused-ring (bicyclic) bond motifs is 1. The molecule has 104 valence electrons. The fraction of sp³-hybridized carbons (Fsp3) is 0.500. The van der Waals surface area contributed by atoms with E-state index in [2.05, 4.69) is 11.4 Å². The first-order chi connectivity index (χ1) is 9.61. The van der Waals surface area contributed by atoms with E-state index in [-0.39, 0.29) is 5.91 Å². The molecule has 0 saturated heterocycles. The van der Waals surface area contributed by atoms with Crippen LogP contribution in [0.25, 0.3) is 0 Å². The number of hydrogen-bond donors (Lipinski definition) is 2. The molecule has 1 fully saturated rings. The van der Waals surface area contributed by atoms with Crippen LogP contribution in [-0.4, -0.2) is 17.0 Å². The number of thiophene rings is 1. The van der Waals surface area contributed by atoms with Crippen LogP contribution in [0.5, 0.6) is 0 Å². The van der Waals surface area contributed by atoms with Crippen LogP contribution in [0.15, 0.2) is 0 Å². The van der Waals surface area contributed by atoms with Crippen LogP contribution in [0.1, 0.15) is 35.3 Å². The van der Waals surface area contributed by atoms with Gasteiger partial charge < -0.3 is 10.4 Å². The molecule has 1 amide bonds. The molecule has 0 aromatic carbocycles. The number of aliphatic carboxylic acids is 1. The molecular formula is C14H14N2O3S. The molecule has 0 spiro atoms. The average Bonchev–Trinajstić information content (AvgIpc) is 3.15. The lowest BCUT2D eigenvalue weighted by Gasteiger charge is -2.09. The monoisotopic (exact) mass is 290 g/mol. The lowest BCUT2D eigenvalue weighted by Crippen LogP contribution is -2.16. The summed E-state index contributed by atoms with van der Waals surface area (Å²) in [6.07, 6.45) is 4.46. The second-order valence-corrected chi connectivity index (χ2v) is 6.41. The normalized spacial score (nSPS) is 23.6. The molecule has 0 aliphatic heterocycles. The molecule has 2 N–H and O–H groups in total. The maximum atomic E-state index is 12.0. The topological polar surface area (TPSA) is 90.2 Å². The van der Waals surface area contributed by atoms with Crippen molar-refractivity contribution in [2.75, 3.05) is 5.32 Å². The number of carboxylic acids is 1. The molecule has 1 heterocycles. The van der Waals surface area contributed by atoms with Crippen LogP contribution >= 0.6 is 11.3 Å². The highest BCUT2D eigenvalue weighted by Gasteiger charge is 2.48. The summed E-state index contributed by atoms with van der Waals surface area (Å²) >= 11 is 1.47. The molecule has 1 aromatic rings. The van der Waals surface area contributed by atoms with Gasteiger partial charge in [0, 0.05) is 4.88 Å². The number of nitrogens with one attached hydrogen (secondary N) is 1. The Balaban J connectivity index is 1.78. The molecule has 20 heavy (non-hydrogen) atoms. The number of rotatable bonds is 3. The van der Waals surface area contributed by atoms with Crippen molar-refractivity contribution in [3.8, 4) is 6.07 Å². The molecular weight excluding hydrogens is 276 g/mol. The van der Waals surface area contributed by atoms with Crippen LogP contribution in [0.3, 0.4) is 0 Å². The lowest BCUT2D eigenvalue weighted by molar-refractivity contribution is -0.139. The minimum absolute atomic E-state index is 0.271. The standard InChI is InChI=1S/C14H14N2O3S/c15-6-10-7-3-1-2-4-11(7)20-13(10)16-12(17)8-5-9(8)14(18)19/h8-9H,1-5H2,(H,16,17)(H,18,19). The van der Waals surface area contributed by atoms with Gasteiger partial charge in [-0.25, -0.2) is 0 Å². The van der Waals surface area contributed by atoms with Gasteiger partial charge in [-0.3, -0.25) is 9.59 Å². The van der Waals surface area contributed by atoms with Crippen molar-refractivity contribution in [1.29, 1.82) is 5.26 Å². The first kappa shape index (κ1) is 13.1. The second-order valence-electron chi connectivity index (χ2n) is 5.30. The third-order valence-corrected chi connectivity index (χ3v) is 5.17. The Morgan fingerprint density at radius 1 is 1.30 bits per heavy atom. The van der Waals surface area contributed by atoms with Gasteiger partial charge in [0.05, 0.1) is 17.4 Å². The molecule has 3 rings (SSSR count). The zero-order valence-corrected chi connectivity index (χ0v) is 11.6. The van der Waals surface area contributed by atoms with Crippen molar-refractivity contribution in [3.05, 3.63) is 16.0 Å². The Morgan fingerprint density at radius 3 is 2.70 bits per heavy atom. The molecule has 2 atom stereocenters. The van der Waals surface area contributed by atoms with E-state index < -0.39 is 17.8 Å².